The molecule has 6 heteroatoms. The van der Waals surface area contributed by atoms with Crippen molar-refractivity contribution in [2.45, 2.75) is 18.2 Å². The quantitative estimate of drug-likeness (QED) is 0.293. The number of aromatic nitrogens is 1. The molecule has 0 bridgehead atoms. The number of carbonyl (C=O) groups is 1. The van der Waals surface area contributed by atoms with Gasteiger partial charge in [0.1, 0.15) is 11.3 Å². The Bertz CT molecular complexity index is 1160. The van der Waals surface area contributed by atoms with Crippen LogP contribution in [0.15, 0.2) is 75.2 Å². The van der Waals surface area contributed by atoms with E-state index in [-0.39, 0.29) is 11.7 Å². The number of amides is 1. The zero-order valence-electron chi connectivity index (χ0n) is 15.4. The van der Waals surface area contributed by atoms with Gasteiger partial charge in [0.05, 0.1) is 17.5 Å². The van der Waals surface area contributed by atoms with Gasteiger partial charge < -0.3 is 4.42 Å². The van der Waals surface area contributed by atoms with Crippen LogP contribution in [0.5, 0.6) is 0 Å². The summed E-state index contributed by atoms with van der Waals surface area (Å²) >= 11 is 1.45. The molecule has 2 heterocycles. The number of hydrazone groups is 1. The first kappa shape index (κ1) is 18.3. The van der Waals surface area contributed by atoms with E-state index in [4.69, 9.17) is 4.42 Å². The number of furan rings is 1. The molecule has 2 aromatic heterocycles. The molecule has 5 nitrogen and oxygen atoms in total. The third kappa shape index (κ3) is 3.77. The van der Waals surface area contributed by atoms with E-state index in [0.29, 0.717) is 0 Å². The molecule has 0 saturated carbocycles. The highest BCUT2D eigenvalue weighted by Crippen LogP contribution is 2.26. The minimum atomic E-state index is -0.167. The number of hydrogen-bond donors (Lipinski definition) is 1. The SMILES string of the molecule is CCc1oc2ccccc2c1/C=N\NC(=O)CSc1cccc2cccnc12. The predicted octanol–water partition coefficient (Wildman–Crippen LogP) is 4.79. The zero-order chi connectivity index (χ0) is 19.3. The van der Waals surface area contributed by atoms with E-state index in [9.17, 15) is 4.79 Å². The Morgan fingerprint density at radius 2 is 2.04 bits per heavy atom. The summed E-state index contributed by atoms with van der Waals surface area (Å²) in [6.45, 7) is 2.03. The predicted molar refractivity (Wildman–Crippen MR) is 114 cm³/mol. The molecule has 4 rings (SSSR count). The van der Waals surface area contributed by atoms with Gasteiger partial charge in [-0.3, -0.25) is 9.78 Å². The van der Waals surface area contributed by atoms with E-state index in [2.05, 4.69) is 15.5 Å². The number of thioether (sulfide) groups is 1. The first-order valence-electron chi connectivity index (χ1n) is 9.05. The van der Waals surface area contributed by atoms with Gasteiger partial charge in [0.2, 0.25) is 5.91 Å². The lowest BCUT2D eigenvalue weighted by atomic mass is 10.1. The Balaban J connectivity index is 1.42. The topological polar surface area (TPSA) is 67.5 Å². The molecule has 1 N–H and O–H groups in total. The van der Waals surface area contributed by atoms with Gasteiger partial charge in [0, 0.05) is 33.8 Å². The molecule has 1 amide bonds. The maximum absolute atomic E-state index is 12.2. The summed E-state index contributed by atoms with van der Waals surface area (Å²) in [5, 5.41) is 6.19. The smallest absolute Gasteiger partial charge is 0.250 e. The molecule has 0 fully saturated rings. The minimum absolute atomic E-state index is 0.167. The Morgan fingerprint density at radius 3 is 2.93 bits per heavy atom. The van der Waals surface area contributed by atoms with Gasteiger partial charge in [-0.1, -0.05) is 43.3 Å². The summed E-state index contributed by atoms with van der Waals surface area (Å²) in [5.41, 5.74) is 5.24. The van der Waals surface area contributed by atoms with Gasteiger partial charge in [-0.05, 0) is 18.2 Å². The second kappa shape index (κ2) is 8.27. The van der Waals surface area contributed by atoms with Crippen molar-refractivity contribution in [1.82, 2.24) is 10.4 Å². The third-order valence-electron chi connectivity index (χ3n) is 4.37. The van der Waals surface area contributed by atoms with Crippen LogP contribution in [0.1, 0.15) is 18.2 Å². The molecule has 28 heavy (non-hydrogen) atoms. The second-order valence-corrected chi connectivity index (χ2v) is 7.22. The number of rotatable bonds is 6. The van der Waals surface area contributed by atoms with Gasteiger partial charge in [-0.2, -0.15) is 5.10 Å². The van der Waals surface area contributed by atoms with Gasteiger partial charge in [0.15, 0.2) is 0 Å². The molecule has 0 saturated heterocycles. The molecule has 4 aromatic rings. The zero-order valence-corrected chi connectivity index (χ0v) is 16.2. The first-order valence-corrected chi connectivity index (χ1v) is 10.0. The average Bonchev–Trinajstić information content (AvgIpc) is 3.10. The molecule has 140 valence electrons. The summed E-state index contributed by atoms with van der Waals surface area (Å²) < 4.78 is 5.84. The lowest BCUT2D eigenvalue weighted by Gasteiger charge is -2.04. The normalized spacial score (nSPS) is 11.5. The van der Waals surface area contributed by atoms with Crippen LogP contribution in [-0.4, -0.2) is 22.9 Å². The third-order valence-corrected chi connectivity index (χ3v) is 5.42. The number of nitrogens with one attached hydrogen (secondary N) is 1. The van der Waals surface area contributed by atoms with Crippen molar-refractivity contribution >= 4 is 45.8 Å². The van der Waals surface area contributed by atoms with Crippen molar-refractivity contribution in [3.05, 3.63) is 72.1 Å². The molecule has 0 aliphatic heterocycles. The van der Waals surface area contributed by atoms with Crippen LogP contribution in [0.25, 0.3) is 21.9 Å². The molecule has 2 aromatic carbocycles. The second-order valence-electron chi connectivity index (χ2n) is 6.20. The van der Waals surface area contributed by atoms with Crippen molar-refractivity contribution in [2.24, 2.45) is 5.10 Å². The van der Waals surface area contributed by atoms with Crippen LogP contribution in [0.2, 0.25) is 0 Å². The fourth-order valence-electron chi connectivity index (χ4n) is 3.06. The molecule has 0 unspecified atom stereocenters. The molecule has 0 spiro atoms. The van der Waals surface area contributed by atoms with Gasteiger partial charge >= 0.3 is 0 Å². The molecular formula is C22H19N3O2S. The van der Waals surface area contributed by atoms with E-state index >= 15 is 0 Å². The van der Waals surface area contributed by atoms with Crippen LogP contribution >= 0.6 is 11.8 Å². The summed E-state index contributed by atoms with van der Waals surface area (Å²) in [7, 11) is 0. The van der Waals surface area contributed by atoms with Crippen molar-refractivity contribution in [2.75, 3.05) is 5.75 Å². The number of hydrogen-bond acceptors (Lipinski definition) is 5. The van der Waals surface area contributed by atoms with Crippen LogP contribution in [0.3, 0.4) is 0 Å². The molecule has 0 aliphatic rings. The highest BCUT2D eigenvalue weighted by atomic mass is 32.2. The van der Waals surface area contributed by atoms with Crippen LogP contribution < -0.4 is 5.43 Å². The first-order chi connectivity index (χ1) is 13.8. The minimum Gasteiger partial charge on any atom is -0.460 e. The van der Waals surface area contributed by atoms with Crippen LogP contribution in [0, 0.1) is 0 Å². The summed E-state index contributed by atoms with van der Waals surface area (Å²) in [5.74, 6) is 0.954. The largest absolute Gasteiger partial charge is 0.460 e. The average molecular weight is 389 g/mol. The molecule has 0 aliphatic carbocycles. The van der Waals surface area contributed by atoms with Crippen molar-refractivity contribution < 1.29 is 9.21 Å². The van der Waals surface area contributed by atoms with E-state index in [0.717, 1.165) is 44.5 Å². The Labute approximate surface area is 166 Å². The number of benzene rings is 2. The van der Waals surface area contributed by atoms with E-state index < -0.39 is 0 Å². The van der Waals surface area contributed by atoms with E-state index in [1.807, 2.05) is 61.5 Å². The number of pyridine rings is 1. The molecular weight excluding hydrogens is 370 g/mol. The van der Waals surface area contributed by atoms with Gasteiger partial charge in [-0.15, -0.1) is 11.8 Å². The van der Waals surface area contributed by atoms with Gasteiger partial charge in [-0.25, -0.2) is 5.43 Å². The number of aryl methyl sites for hydroxylation is 1. The molecule has 0 atom stereocenters. The lowest BCUT2D eigenvalue weighted by Crippen LogP contribution is -2.19. The maximum atomic E-state index is 12.2. The van der Waals surface area contributed by atoms with Crippen molar-refractivity contribution in [1.29, 1.82) is 0 Å². The summed E-state index contributed by atoms with van der Waals surface area (Å²) in [6, 6.07) is 17.7. The lowest BCUT2D eigenvalue weighted by molar-refractivity contribution is -0.118. The highest BCUT2D eigenvalue weighted by Gasteiger charge is 2.11. The van der Waals surface area contributed by atoms with Crippen molar-refractivity contribution in [3.8, 4) is 0 Å². The van der Waals surface area contributed by atoms with E-state index in [1.54, 1.807) is 12.4 Å². The highest BCUT2D eigenvalue weighted by molar-refractivity contribution is 8.00. The fraction of sp³-hybridized carbons (Fsp3) is 0.136. The Kier molecular flexibility index (Phi) is 5.39. The number of para-hydroxylation sites is 2. The van der Waals surface area contributed by atoms with E-state index in [1.165, 1.54) is 11.8 Å². The number of nitrogens with zero attached hydrogens (tertiary/aromatic N) is 2. The van der Waals surface area contributed by atoms with Crippen LogP contribution in [0.4, 0.5) is 0 Å². The Hall–Kier alpha value is -3.12. The van der Waals surface area contributed by atoms with Gasteiger partial charge in [0.25, 0.3) is 0 Å². The number of carbonyl (C=O) groups excluding carboxylic acids is 1. The summed E-state index contributed by atoms with van der Waals surface area (Å²) in [4.78, 5) is 17.6. The van der Waals surface area contributed by atoms with Crippen molar-refractivity contribution in [3.63, 3.8) is 0 Å². The Morgan fingerprint density at radius 1 is 1.18 bits per heavy atom. The maximum Gasteiger partial charge on any atom is 0.250 e. The standard InChI is InChI=1S/C22H19N3O2S/c1-2-18-17(16-9-3-4-10-19(16)27-18)13-24-25-21(26)14-28-20-11-5-7-15-8-6-12-23-22(15)20/h3-13H,2,14H2,1H3,(H,25,26)/b24-13-. The number of fused-ring (bicyclic) bond motifs is 2. The summed E-state index contributed by atoms with van der Waals surface area (Å²) in [6.07, 6.45) is 4.18. The fourth-order valence-corrected chi connectivity index (χ4v) is 3.89. The molecule has 0 radical (unpaired) electrons. The monoisotopic (exact) mass is 389 g/mol. The van der Waals surface area contributed by atoms with Crippen LogP contribution in [-0.2, 0) is 11.2 Å².